The predicted octanol–water partition coefficient (Wildman–Crippen LogP) is 3.62. The van der Waals surface area contributed by atoms with Gasteiger partial charge in [-0.15, -0.1) is 0 Å². The molecule has 0 aliphatic carbocycles. The molecule has 8 heteroatoms. The zero-order valence-electron chi connectivity index (χ0n) is 14.0. The Bertz CT molecular complexity index is 689. The van der Waals surface area contributed by atoms with Gasteiger partial charge in [0, 0.05) is 6.54 Å². The van der Waals surface area contributed by atoms with Crippen LogP contribution in [-0.4, -0.2) is 27.4 Å². The molecular formula is C16H22ClN5O2. The molecule has 2 N–H and O–H groups in total. The third-order valence-corrected chi connectivity index (χ3v) is 3.62. The zero-order chi connectivity index (χ0) is 17.5. The van der Waals surface area contributed by atoms with Crippen molar-refractivity contribution in [3.05, 3.63) is 35.4 Å². The summed E-state index contributed by atoms with van der Waals surface area (Å²) in [4.78, 5) is 16.5. The molecule has 2 amide bonds. The Hall–Kier alpha value is -2.28. The lowest BCUT2D eigenvalue weighted by atomic mass is 10.3. The molecule has 0 fully saturated rings. The molecule has 130 valence electrons. The maximum atomic E-state index is 12.3. The molecule has 7 nitrogen and oxygen atoms in total. The number of para-hydroxylation sites is 1. The summed E-state index contributed by atoms with van der Waals surface area (Å²) in [6, 6.07) is 4.55. The number of carbonyl (C=O) groups is 1. The third kappa shape index (κ3) is 4.38. The number of hydrogen-bond acceptors (Lipinski definition) is 4. The van der Waals surface area contributed by atoms with E-state index in [0.717, 1.165) is 13.0 Å². The molecule has 0 saturated heterocycles. The van der Waals surface area contributed by atoms with Crippen molar-refractivity contribution in [2.24, 2.45) is 0 Å². The third-order valence-electron chi connectivity index (χ3n) is 3.32. The lowest BCUT2D eigenvalue weighted by Gasteiger charge is -2.17. The Morgan fingerprint density at radius 1 is 1.42 bits per heavy atom. The van der Waals surface area contributed by atoms with E-state index in [2.05, 4.69) is 27.6 Å². The van der Waals surface area contributed by atoms with Crippen LogP contribution in [0, 0.1) is 0 Å². The highest BCUT2D eigenvalue weighted by Gasteiger charge is 2.17. The van der Waals surface area contributed by atoms with Crippen LogP contribution in [0.3, 0.4) is 0 Å². The highest BCUT2D eigenvalue weighted by atomic mass is 35.5. The van der Waals surface area contributed by atoms with Gasteiger partial charge in [0.25, 0.3) is 0 Å². The summed E-state index contributed by atoms with van der Waals surface area (Å²) in [5.41, 5.74) is 0.518. The molecule has 0 bridgehead atoms. The second kappa shape index (κ2) is 8.54. The second-order valence-electron chi connectivity index (χ2n) is 5.21. The van der Waals surface area contributed by atoms with E-state index in [4.69, 9.17) is 16.3 Å². The topological polar surface area (TPSA) is 81.1 Å². The van der Waals surface area contributed by atoms with Crippen LogP contribution in [-0.2, 0) is 6.54 Å². The monoisotopic (exact) mass is 351 g/mol. The van der Waals surface area contributed by atoms with Crippen molar-refractivity contribution < 1.29 is 9.53 Å². The van der Waals surface area contributed by atoms with Gasteiger partial charge in [-0.05, 0) is 32.4 Å². The molecule has 0 spiro atoms. The summed E-state index contributed by atoms with van der Waals surface area (Å²) in [7, 11) is 0. The van der Waals surface area contributed by atoms with E-state index in [-0.39, 0.29) is 12.1 Å². The summed E-state index contributed by atoms with van der Waals surface area (Å²) >= 11 is 6.12. The van der Waals surface area contributed by atoms with Crippen LogP contribution in [0.1, 0.15) is 39.1 Å². The molecule has 0 aliphatic heterocycles. The van der Waals surface area contributed by atoms with Crippen LogP contribution in [0.2, 0.25) is 5.02 Å². The van der Waals surface area contributed by atoms with E-state index < -0.39 is 0 Å². The van der Waals surface area contributed by atoms with Gasteiger partial charge < -0.3 is 15.4 Å². The van der Waals surface area contributed by atoms with Gasteiger partial charge in [-0.3, -0.25) is 0 Å². The summed E-state index contributed by atoms with van der Waals surface area (Å²) < 4.78 is 7.28. The normalized spacial score (nSPS) is 11.8. The Morgan fingerprint density at radius 3 is 2.92 bits per heavy atom. The van der Waals surface area contributed by atoms with E-state index in [1.165, 1.54) is 6.33 Å². The molecule has 2 aromatic rings. The van der Waals surface area contributed by atoms with Gasteiger partial charge in [-0.25, -0.2) is 14.5 Å². The van der Waals surface area contributed by atoms with Crippen molar-refractivity contribution >= 4 is 23.3 Å². The standard InChI is InChI=1S/C16H22ClN5O2/c1-4-9-22-15(18-10-19-22)11(3)20-16(23)21-13-8-6-7-12(17)14(13)24-5-2/h6-8,10-11H,4-5,9H2,1-3H3,(H2,20,21,23). The van der Waals surface area contributed by atoms with E-state index in [1.54, 1.807) is 22.9 Å². The number of nitrogens with one attached hydrogen (secondary N) is 2. The van der Waals surface area contributed by atoms with Crippen molar-refractivity contribution in [2.75, 3.05) is 11.9 Å². The van der Waals surface area contributed by atoms with Crippen molar-refractivity contribution in [3.8, 4) is 5.75 Å². The van der Waals surface area contributed by atoms with E-state index in [9.17, 15) is 4.79 Å². The fraction of sp³-hybridized carbons (Fsp3) is 0.438. The SMILES string of the molecule is CCCn1ncnc1C(C)NC(=O)Nc1cccc(Cl)c1OCC. The minimum absolute atomic E-state index is 0.284. The van der Waals surface area contributed by atoms with Crippen LogP contribution in [0.4, 0.5) is 10.5 Å². The fourth-order valence-corrected chi connectivity index (χ4v) is 2.54. The number of benzene rings is 1. The van der Waals surface area contributed by atoms with Crippen LogP contribution in [0.15, 0.2) is 24.5 Å². The number of aromatic nitrogens is 3. The highest BCUT2D eigenvalue weighted by Crippen LogP contribution is 2.32. The van der Waals surface area contributed by atoms with Gasteiger partial charge in [0.05, 0.1) is 23.4 Å². The molecule has 1 heterocycles. The number of aryl methyl sites for hydroxylation is 1. The van der Waals surface area contributed by atoms with Gasteiger partial charge >= 0.3 is 6.03 Å². The highest BCUT2D eigenvalue weighted by molar-refractivity contribution is 6.32. The molecule has 0 saturated carbocycles. The maximum absolute atomic E-state index is 12.3. The fourth-order valence-electron chi connectivity index (χ4n) is 2.31. The van der Waals surface area contributed by atoms with Gasteiger partial charge in [0.15, 0.2) is 5.75 Å². The number of urea groups is 1. The molecule has 1 unspecified atom stereocenters. The number of rotatable bonds is 7. The van der Waals surface area contributed by atoms with E-state index >= 15 is 0 Å². The average Bonchev–Trinajstić information content (AvgIpc) is 2.99. The Morgan fingerprint density at radius 2 is 2.21 bits per heavy atom. The van der Waals surface area contributed by atoms with E-state index in [1.807, 2.05) is 13.8 Å². The van der Waals surface area contributed by atoms with Gasteiger partial charge in [0.1, 0.15) is 12.2 Å². The number of amides is 2. The van der Waals surface area contributed by atoms with Crippen LogP contribution < -0.4 is 15.4 Å². The molecule has 1 atom stereocenters. The maximum Gasteiger partial charge on any atom is 0.319 e. The number of anilines is 1. The minimum Gasteiger partial charge on any atom is -0.490 e. The second-order valence-corrected chi connectivity index (χ2v) is 5.62. The Labute approximate surface area is 146 Å². The first-order chi connectivity index (χ1) is 11.6. The smallest absolute Gasteiger partial charge is 0.319 e. The van der Waals surface area contributed by atoms with Crippen LogP contribution in [0.5, 0.6) is 5.75 Å². The van der Waals surface area contributed by atoms with Crippen molar-refractivity contribution in [2.45, 2.75) is 39.8 Å². The van der Waals surface area contributed by atoms with Gasteiger partial charge in [-0.1, -0.05) is 24.6 Å². The van der Waals surface area contributed by atoms with Gasteiger partial charge in [0.2, 0.25) is 0 Å². The lowest BCUT2D eigenvalue weighted by molar-refractivity contribution is 0.248. The summed E-state index contributed by atoms with van der Waals surface area (Å²) in [6.07, 6.45) is 2.43. The van der Waals surface area contributed by atoms with Crippen molar-refractivity contribution in [1.29, 1.82) is 0 Å². The molecule has 24 heavy (non-hydrogen) atoms. The zero-order valence-corrected chi connectivity index (χ0v) is 14.8. The van der Waals surface area contributed by atoms with Crippen molar-refractivity contribution in [1.82, 2.24) is 20.1 Å². The number of hydrogen-bond donors (Lipinski definition) is 2. The molecule has 0 aliphatic rings. The summed E-state index contributed by atoms with van der Waals surface area (Å²) in [5.74, 6) is 1.17. The molecular weight excluding hydrogens is 330 g/mol. The lowest BCUT2D eigenvalue weighted by Crippen LogP contribution is -2.33. The van der Waals surface area contributed by atoms with E-state index in [0.29, 0.717) is 28.9 Å². The Balaban J connectivity index is 2.05. The first kappa shape index (κ1) is 18.1. The van der Waals surface area contributed by atoms with Crippen LogP contribution >= 0.6 is 11.6 Å². The summed E-state index contributed by atoms with van der Waals surface area (Å²) in [6.45, 7) is 6.99. The number of carbonyl (C=O) groups excluding carboxylic acids is 1. The van der Waals surface area contributed by atoms with Crippen molar-refractivity contribution in [3.63, 3.8) is 0 Å². The number of halogens is 1. The number of nitrogens with zero attached hydrogens (tertiary/aromatic N) is 3. The first-order valence-corrected chi connectivity index (χ1v) is 8.31. The quantitative estimate of drug-likeness (QED) is 0.798. The molecule has 1 aromatic heterocycles. The Kier molecular flexibility index (Phi) is 6.43. The average molecular weight is 352 g/mol. The molecule has 2 rings (SSSR count). The number of ether oxygens (including phenoxy) is 1. The predicted molar refractivity (Wildman–Crippen MR) is 93.5 cm³/mol. The molecule has 0 radical (unpaired) electrons. The van der Waals surface area contributed by atoms with Crippen LogP contribution in [0.25, 0.3) is 0 Å². The first-order valence-electron chi connectivity index (χ1n) is 7.93. The summed E-state index contributed by atoms with van der Waals surface area (Å²) in [5, 5.41) is 10.2. The minimum atomic E-state index is -0.364. The largest absolute Gasteiger partial charge is 0.490 e. The molecule has 1 aromatic carbocycles. The van der Waals surface area contributed by atoms with Gasteiger partial charge in [-0.2, -0.15) is 5.10 Å².